The van der Waals surface area contributed by atoms with Gasteiger partial charge in [0.1, 0.15) is 0 Å². The van der Waals surface area contributed by atoms with Crippen molar-refractivity contribution in [3.63, 3.8) is 0 Å². The van der Waals surface area contributed by atoms with E-state index in [0.29, 0.717) is 17.2 Å². The zero-order valence-corrected chi connectivity index (χ0v) is 26.6. The molecule has 0 radical (unpaired) electrons. The second kappa shape index (κ2) is 14.6. The molecule has 6 rings (SSSR count). The molecule has 0 unspecified atom stereocenters. The number of aliphatic hydroxyl groups is 1. The van der Waals surface area contributed by atoms with Crippen LogP contribution in [0.3, 0.4) is 0 Å². The van der Waals surface area contributed by atoms with Crippen LogP contribution >= 0.6 is 11.8 Å². The molecule has 1 aliphatic heterocycles. The van der Waals surface area contributed by atoms with Crippen LogP contribution in [0.2, 0.25) is 0 Å². The summed E-state index contributed by atoms with van der Waals surface area (Å²) in [6.45, 7) is 0.143. The number of nitrogens with one attached hydrogen (secondary N) is 1. The highest BCUT2D eigenvalue weighted by atomic mass is 32.2. The summed E-state index contributed by atoms with van der Waals surface area (Å²) in [5.74, 6) is 0.580. The molecule has 5 aromatic rings. The first kappa shape index (κ1) is 31.9. The first-order chi connectivity index (χ1) is 22.4. The van der Waals surface area contributed by atoms with E-state index in [2.05, 4.69) is 4.72 Å². The summed E-state index contributed by atoms with van der Waals surface area (Å²) < 4.78 is 41.8. The Morgan fingerprint density at radius 2 is 1.54 bits per heavy atom. The van der Waals surface area contributed by atoms with Gasteiger partial charge in [0.15, 0.2) is 12.5 Å². The van der Waals surface area contributed by atoms with Gasteiger partial charge in [-0.25, -0.2) is 13.1 Å². The molecule has 236 valence electrons. The number of hydrogen-bond acceptors (Lipinski definition) is 7. The third kappa shape index (κ3) is 7.84. The Morgan fingerprint density at radius 1 is 0.804 bits per heavy atom. The van der Waals surface area contributed by atoms with E-state index in [1.807, 2.05) is 78.9 Å². The van der Waals surface area contributed by atoms with Crippen LogP contribution in [0.15, 0.2) is 137 Å². The van der Waals surface area contributed by atoms with E-state index >= 15 is 0 Å². The Balaban J connectivity index is 1.17. The van der Waals surface area contributed by atoms with Crippen molar-refractivity contribution in [2.75, 3.05) is 5.75 Å². The molecule has 46 heavy (non-hydrogen) atoms. The van der Waals surface area contributed by atoms with E-state index in [0.717, 1.165) is 38.1 Å². The number of benzene rings is 4. The Morgan fingerprint density at radius 3 is 2.28 bits per heavy atom. The Hall–Kier alpha value is -4.03. The van der Waals surface area contributed by atoms with Crippen LogP contribution in [0.4, 0.5) is 0 Å². The molecule has 0 bridgehead atoms. The number of aliphatic hydroxyl groups excluding tert-OH is 1. The van der Waals surface area contributed by atoms with E-state index in [9.17, 15) is 18.7 Å². The lowest BCUT2D eigenvalue weighted by molar-refractivity contribution is -0.645. The number of nitrogens with zero attached hydrogens (tertiary/aromatic N) is 1. The third-order valence-corrected chi connectivity index (χ3v) is 10.4. The average Bonchev–Trinajstić information content (AvgIpc) is 3.11. The molecule has 1 saturated heterocycles. The van der Waals surface area contributed by atoms with E-state index in [-0.39, 0.29) is 30.3 Å². The van der Waals surface area contributed by atoms with E-state index in [1.54, 1.807) is 42.5 Å². The molecular weight excluding hydrogens is 621 g/mol. The number of pyridine rings is 1. The number of aromatic nitrogens is 1. The van der Waals surface area contributed by atoms with Gasteiger partial charge in [-0.2, -0.15) is 4.73 Å². The van der Waals surface area contributed by atoms with Crippen LogP contribution in [-0.4, -0.2) is 25.4 Å². The van der Waals surface area contributed by atoms with Gasteiger partial charge < -0.3 is 19.8 Å². The number of sulfonamides is 1. The summed E-state index contributed by atoms with van der Waals surface area (Å²) in [5, 5.41) is 22.3. The lowest BCUT2D eigenvalue weighted by Crippen LogP contribution is -2.32. The summed E-state index contributed by atoms with van der Waals surface area (Å²) in [5.41, 5.74) is 5.46. The molecule has 3 atom stereocenters. The van der Waals surface area contributed by atoms with Gasteiger partial charge in [0.25, 0.3) is 5.03 Å². The Labute approximate surface area is 273 Å². The maximum absolute atomic E-state index is 12.7. The molecule has 0 amide bonds. The Bertz CT molecular complexity index is 1850. The Kier molecular flexibility index (Phi) is 10.1. The fourth-order valence-corrected chi connectivity index (χ4v) is 7.25. The largest absolute Gasteiger partial charge is 0.618 e. The van der Waals surface area contributed by atoms with Crippen molar-refractivity contribution in [1.29, 1.82) is 0 Å². The van der Waals surface area contributed by atoms with Crippen molar-refractivity contribution >= 4 is 21.8 Å². The highest BCUT2D eigenvalue weighted by Crippen LogP contribution is 2.39. The standard InChI is InChI=1S/C36H34N2O6S2/c39-24-26-12-14-29(15-13-26)34-22-32(25-45-35-11-4-5-20-38(35)40)43-36(44-34)30-18-16-28(17-19-30)31-8-6-7-27(21-31)23-37-46(41,42)33-9-2-1-3-10-33/h1-21,32,34,36-37,39H,22-25H2/t32-,34+,36+/m0/s1. The molecule has 2 N–H and O–H groups in total. The number of hydrogen-bond donors (Lipinski definition) is 2. The van der Waals surface area contributed by atoms with E-state index in [4.69, 9.17) is 9.47 Å². The smallest absolute Gasteiger partial charge is 0.251 e. The molecule has 0 saturated carbocycles. The van der Waals surface area contributed by atoms with Gasteiger partial charge in [-0.05, 0) is 52.1 Å². The third-order valence-electron chi connectivity index (χ3n) is 7.78. The van der Waals surface area contributed by atoms with Crippen LogP contribution in [0.1, 0.15) is 41.1 Å². The topological polar surface area (TPSA) is 112 Å². The zero-order chi connectivity index (χ0) is 31.9. The summed E-state index contributed by atoms with van der Waals surface area (Å²) in [6.07, 6.45) is 1.07. The van der Waals surface area contributed by atoms with Gasteiger partial charge in [-0.15, -0.1) is 0 Å². The fourth-order valence-electron chi connectivity index (χ4n) is 5.28. The van der Waals surface area contributed by atoms with Crippen LogP contribution in [-0.2, 0) is 32.6 Å². The normalized spacial score (nSPS) is 18.3. The van der Waals surface area contributed by atoms with E-state index < -0.39 is 16.3 Å². The molecule has 0 spiro atoms. The summed E-state index contributed by atoms with van der Waals surface area (Å²) in [4.78, 5) is 0.230. The monoisotopic (exact) mass is 654 g/mol. The lowest BCUT2D eigenvalue weighted by atomic mass is 9.99. The summed E-state index contributed by atoms with van der Waals surface area (Å²) >= 11 is 1.45. The maximum atomic E-state index is 12.7. The molecule has 0 aliphatic carbocycles. The molecule has 2 heterocycles. The summed E-state index contributed by atoms with van der Waals surface area (Å²) in [7, 11) is -3.62. The minimum atomic E-state index is -3.62. The van der Waals surface area contributed by atoms with Crippen molar-refractivity contribution in [1.82, 2.24) is 4.72 Å². The SMILES string of the molecule is O=S(=O)(NCc1cccc(-c2ccc([C@@H]3O[C@H](CSc4cccc[n+]4[O-])C[C@H](c4ccc(CO)cc4)O3)cc2)c1)c1ccccc1. The molecular formula is C36H34N2O6S2. The highest BCUT2D eigenvalue weighted by Gasteiger charge is 2.32. The molecule has 4 aromatic carbocycles. The van der Waals surface area contributed by atoms with Crippen molar-refractivity contribution < 1.29 is 27.7 Å². The number of thioether (sulfide) groups is 1. The maximum Gasteiger partial charge on any atom is 0.251 e. The van der Waals surface area contributed by atoms with Gasteiger partial charge >= 0.3 is 0 Å². The van der Waals surface area contributed by atoms with Crippen LogP contribution < -0.4 is 9.45 Å². The van der Waals surface area contributed by atoms with Gasteiger partial charge in [-0.3, -0.25) is 0 Å². The highest BCUT2D eigenvalue weighted by molar-refractivity contribution is 7.99. The predicted molar refractivity (Wildman–Crippen MR) is 177 cm³/mol. The quantitative estimate of drug-likeness (QED) is 0.0978. The van der Waals surface area contributed by atoms with Crippen LogP contribution in [0, 0.1) is 5.21 Å². The zero-order valence-electron chi connectivity index (χ0n) is 24.9. The first-order valence-electron chi connectivity index (χ1n) is 14.9. The van der Waals surface area contributed by atoms with Gasteiger partial charge in [0.05, 0.1) is 23.7 Å². The molecule has 1 aliphatic rings. The average molecular weight is 655 g/mol. The van der Waals surface area contributed by atoms with Crippen molar-refractivity contribution in [2.24, 2.45) is 0 Å². The van der Waals surface area contributed by atoms with Gasteiger partial charge in [-0.1, -0.05) is 96.7 Å². The first-order valence-corrected chi connectivity index (χ1v) is 17.4. The van der Waals surface area contributed by atoms with Gasteiger partial charge in [0.2, 0.25) is 10.0 Å². The second-order valence-electron chi connectivity index (χ2n) is 11.0. The second-order valence-corrected chi connectivity index (χ2v) is 13.8. The molecule has 10 heteroatoms. The van der Waals surface area contributed by atoms with E-state index in [1.165, 1.54) is 18.0 Å². The molecule has 8 nitrogen and oxygen atoms in total. The van der Waals surface area contributed by atoms with Crippen molar-refractivity contribution in [2.45, 2.75) is 48.0 Å². The minimum absolute atomic E-state index is 0.0262. The fraction of sp³-hybridized carbons (Fsp3) is 0.194. The number of ether oxygens (including phenoxy) is 2. The van der Waals surface area contributed by atoms with Crippen molar-refractivity contribution in [3.8, 4) is 11.1 Å². The molecule has 1 aromatic heterocycles. The summed E-state index contributed by atoms with van der Waals surface area (Å²) in [6, 6.07) is 37.1. The van der Waals surface area contributed by atoms with Crippen LogP contribution in [0.5, 0.6) is 0 Å². The van der Waals surface area contributed by atoms with Gasteiger partial charge in [0, 0.05) is 36.4 Å². The van der Waals surface area contributed by atoms with Crippen molar-refractivity contribution in [3.05, 3.63) is 155 Å². The predicted octanol–water partition coefficient (Wildman–Crippen LogP) is 6.30. The number of rotatable bonds is 11. The molecule has 1 fully saturated rings. The van der Waals surface area contributed by atoms with Crippen LogP contribution in [0.25, 0.3) is 11.1 Å². The minimum Gasteiger partial charge on any atom is -0.618 e. The lowest BCUT2D eigenvalue weighted by Gasteiger charge is -2.36.